The monoisotopic (exact) mass is 470 g/mol. The lowest BCUT2D eigenvalue weighted by atomic mass is 9.78. The maximum absolute atomic E-state index is 12.5. The molecule has 2 aliphatic heterocycles. The minimum absolute atomic E-state index is 0.270. The normalized spacial score (nSPS) is 22.1. The Balaban J connectivity index is 1.50. The minimum Gasteiger partial charge on any atom is -0.490 e. The standard InChI is InChI=1S/C25H35BN2O6/c1-23(2,3)32-22(29)28-11-12-30-18(15-28)16-31-21-14-17(13-20-19(21)9-8-10-27-20)26-33-24(4,5)25(6,7)34-26/h8-10,13-14,18H,11-12,15-16H2,1-7H3/t18-/m0/s1. The van der Waals surface area contributed by atoms with Crippen LogP contribution in [0.25, 0.3) is 10.9 Å². The van der Waals surface area contributed by atoms with Crippen molar-refractivity contribution in [1.29, 1.82) is 0 Å². The number of hydrogen-bond donors (Lipinski definition) is 0. The molecule has 8 nitrogen and oxygen atoms in total. The summed E-state index contributed by atoms with van der Waals surface area (Å²) in [6.07, 6.45) is 1.15. The van der Waals surface area contributed by atoms with E-state index < -0.39 is 23.9 Å². The molecule has 0 bridgehead atoms. The summed E-state index contributed by atoms with van der Waals surface area (Å²) in [4.78, 5) is 18.7. The molecule has 1 atom stereocenters. The summed E-state index contributed by atoms with van der Waals surface area (Å²) in [5, 5.41) is 0.891. The van der Waals surface area contributed by atoms with Gasteiger partial charge >= 0.3 is 13.2 Å². The molecule has 1 amide bonds. The molecule has 1 aromatic carbocycles. The molecule has 1 aromatic heterocycles. The van der Waals surface area contributed by atoms with E-state index in [1.54, 1.807) is 11.1 Å². The summed E-state index contributed by atoms with van der Waals surface area (Å²) in [5.41, 5.74) is 0.211. The van der Waals surface area contributed by atoms with Crippen LogP contribution in [-0.2, 0) is 18.8 Å². The first-order valence-corrected chi connectivity index (χ1v) is 11.8. The van der Waals surface area contributed by atoms with E-state index in [1.165, 1.54) is 0 Å². The molecule has 9 heteroatoms. The van der Waals surface area contributed by atoms with Crippen molar-refractivity contribution >= 4 is 29.6 Å². The highest BCUT2D eigenvalue weighted by Crippen LogP contribution is 2.37. The van der Waals surface area contributed by atoms with Crippen molar-refractivity contribution in [3.05, 3.63) is 30.5 Å². The van der Waals surface area contributed by atoms with E-state index in [2.05, 4.69) is 4.98 Å². The van der Waals surface area contributed by atoms with Crippen LogP contribution in [0.2, 0.25) is 0 Å². The van der Waals surface area contributed by atoms with Crippen LogP contribution in [0.5, 0.6) is 5.75 Å². The van der Waals surface area contributed by atoms with Crippen molar-refractivity contribution in [2.75, 3.05) is 26.3 Å². The average molecular weight is 470 g/mol. The van der Waals surface area contributed by atoms with Crippen LogP contribution in [0, 0.1) is 0 Å². The maximum Gasteiger partial charge on any atom is 0.495 e. The number of amides is 1. The Morgan fingerprint density at radius 3 is 2.59 bits per heavy atom. The van der Waals surface area contributed by atoms with Gasteiger partial charge in [0.1, 0.15) is 24.1 Å². The largest absolute Gasteiger partial charge is 0.495 e. The van der Waals surface area contributed by atoms with E-state index in [0.29, 0.717) is 25.4 Å². The number of fused-ring (bicyclic) bond motifs is 1. The topological polar surface area (TPSA) is 79.4 Å². The molecule has 0 saturated carbocycles. The van der Waals surface area contributed by atoms with Crippen molar-refractivity contribution in [3.63, 3.8) is 0 Å². The van der Waals surface area contributed by atoms with Crippen molar-refractivity contribution < 1.29 is 28.3 Å². The fraction of sp³-hybridized carbons (Fsp3) is 0.600. The number of nitrogens with zero attached hydrogens (tertiary/aromatic N) is 2. The number of rotatable bonds is 4. The van der Waals surface area contributed by atoms with E-state index in [-0.39, 0.29) is 18.8 Å². The molecule has 2 aliphatic rings. The van der Waals surface area contributed by atoms with Crippen molar-refractivity contribution in [2.24, 2.45) is 0 Å². The molecule has 184 valence electrons. The van der Waals surface area contributed by atoms with Crippen LogP contribution in [0.4, 0.5) is 4.79 Å². The lowest BCUT2D eigenvalue weighted by Crippen LogP contribution is -2.49. The molecule has 3 heterocycles. The molecule has 0 unspecified atom stereocenters. The van der Waals surface area contributed by atoms with Gasteiger partial charge in [-0.25, -0.2) is 4.79 Å². The third-order valence-electron chi connectivity index (χ3n) is 6.45. The predicted octanol–water partition coefficient (Wildman–Crippen LogP) is 3.55. The van der Waals surface area contributed by atoms with Crippen LogP contribution in [-0.4, -0.2) is 72.3 Å². The Labute approximate surface area is 202 Å². The molecular weight excluding hydrogens is 435 g/mol. The number of ether oxygens (including phenoxy) is 3. The fourth-order valence-electron chi connectivity index (χ4n) is 3.90. The smallest absolute Gasteiger partial charge is 0.490 e. The molecular formula is C25H35BN2O6. The van der Waals surface area contributed by atoms with Gasteiger partial charge in [-0.2, -0.15) is 0 Å². The van der Waals surface area contributed by atoms with Crippen molar-refractivity contribution in [3.8, 4) is 5.75 Å². The Morgan fingerprint density at radius 1 is 1.21 bits per heavy atom. The highest BCUT2D eigenvalue weighted by molar-refractivity contribution is 6.62. The van der Waals surface area contributed by atoms with Gasteiger partial charge < -0.3 is 28.4 Å². The van der Waals surface area contributed by atoms with E-state index in [1.807, 2.05) is 72.7 Å². The zero-order valence-electron chi connectivity index (χ0n) is 21.2. The fourth-order valence-corrected chi connectivity index (χ4v) is 3.90. The van der Waals surface area contributed by atoms with Gasteiger partial charge in [0.25, 0.3) is 0 Å². The van der Waals surface area contributed by atoms with Crippen LogP contribution < -0.4 is 10.2 Å². The van der Waals surface area contributed by atoms with Gasteiger partial charge in [-0.05, 0) is 78.2 Å². The van der Waals surface area contributed by atoms with Gasteiger partial charge in [0.15, 0.2) is 0 Å². The second kappa shape index (κ2) is 9.02. The average Bonchev–Trinajstić information content (AvgIpc) is 2.98. The molecule has 4 rings (SSSR count). The van der Waals surface area contributed by atoms with Crippen LogP contribution >= 0.6 is 0 Å². The number of carbonyl (C=O) groups is 1. The highest BCUT2D eigenvalue weighted by atomic mass is 16.7. The maximum atomic E-state index is 12.5. The minimum atomic E-state index is -0.540. The molecule has 0 radical (unpaired) electrons. The molecule has 0 N–H and O–H groups in total. The van der Waals surface area contributed by atoms with E-state index in [0.717, 1.165) is 16.4 Å². The molecule has 2 fully saturated rings. The van der Waals surface area contributed by atoms with E-state index >= 15 is 0 Å². The Hall–Kier alpha value is -2.36. The van der Waals surface area contributed by atoms with Gasteiger partial charge in [-0.1, -0.05) is 0 Å². The molecule has 0 spiro atoms. The lowest BCUT2D eigenvalue weighted by Gasteiger charge is -2.34. The predicted molar refractivity (Wildman–Crippen MR) is 131 cm³/mol. The summed E-state index contributed by atoms with van der Waals surface area (Å²) in [7, 11) is -0.521. The first kappa shape index (κ1) is 24.8. The summed E-state index contributed by atoms with van der Waals surface area (Å²) in [6, 6.07) is 7.78. The molecule has 2 aromatic rings. The number of hydrogen-bond acceptors (Lipinski definition) is 7. The second-order valence-corrected chi connectivity index (χ2v) is 10.9. The van der Waals surface area contributed by atoms with Gasteiger partial charge in [0, 0.05) is 18.1 Å². The first-order valence-electron chi connectivity index (χ1n) is 11.8. The zero-order valence-corrected chi connectivity index (χ0v) is 21.2. The van der Waals surface area contributed by atoms with Gasteiger partial charge in [0.05, 0.1) is 29.9 Å². The number of carbonyl (C=O) groups excluding carboxylic acids is 1. The third-order valence-corrected chi connectivity index (χ3v) is 6.45. The summed E-state index contributed by atoms with van der Waals surface area (Å²) >= 11 is 0. The van der Waals surface area contributed by atoms with Crippen LogP contribution in [0.15, 0.2) is 30.5 Å². The first-order chi connectivity index (χ1) is 15.8. The van der Waals surface area contributed by atoms with Crippen molar-refractivity contribution in [2.45, 2.75) is 71.4 Å². The Bertz CT molecular complexity index is 1040. The quantitative estimate of drug-likeness (QED) is 0.633. The van der Waals surface area contributed by atoms with E-state index in [9.17, 15) is 4.79 Å². The SMILES string of the molecule is CC(C)(C)OC(=O)N1CCO[C@H](COc2cc(B3OC(C)(C)C(C)(C)O3)cc3ncccc23)C1. The van der Waals surface area contributed by atoms with Crippen LogP contribution in [0.3, 0.4) is 0 Å². The Morgan fingerprint density at radius 2 is 1.91 bits per heavy atom. The molecule has 0 aliphatic carbocycles. The number of pyridine rings is 1. The van der Waals surface area contributed by atoms with Gasteiger partial charge in [-0.15, -0.1) is 0 Å². The van der Waals surface area contributed by atoms with Crippen molar-refractivity contribution in [1.82, 2.24) is 9.88 Å². The van der Waals surface area contributed by atoms with Gasteiger partial charge in [-0.3, -0.25) is 4.98 Å². The summed E-state index contributed by atoms with van der Waals surface area (Å²) < 4.78 is 30.1. The summed E-state index contributed by atoms with van der Waals surface area (Å²) in [5.74, 6) is 0.674. The number of aromatic nitrogens is 1. The second-order valence-electron chi connectivity index (χ2n) is 10.9. The number of morpholine rings is 1. The number of benzene rings is 1. The summed E-state index contributed by atoms with van der Waals surface area (Å²) in [6.45, 7) is 15.3. The molecule has 2 saturated heterocycles. The molecule has 34 heavy (non-hydrogen) atoms. The zero-order chi connectivity index (χ0) is 24.7. The third kappa shape index (κ3) is 5.32. The van der Waals surface area contributed by atoms with E-state index in [4.69, 9.17) is 23.5 Å². The van der Waals surface area contributed by atoms with Crippen LogP contribution in [0.1, 0.15) is 48.5 Å². The Kier molecular flexibility index (Phi) is 6.57. The van der Waals surface area contributed by atoms with Gasteiger partial charge in [0.2, 0.25) is 0 Å². The highest BCUT2D eigenvalue weighted by Gasteiger charge is 2.51. The lowest BCUT2D eigenvalue weighted by molar-refractivity contribution is -0.0555.